The van der Waals surface area contributed by atoms with Crippen LogP contribution in [-0.4, -0.2) is 51.8 Å². The Labute approximate surface area is 146 Å². The molecular formula is C18H23N3O4. The lowest BCUT2D eigenvalue weighted by atomic mass is 10.1. The molecule has 1 aliphatic rings. The van der Waals surface area contributed by atoms with Crippen LogP contribution in [-0.2, 0) is 23.1 Å². The Bertz CT molecular complexity index is 726. The maximum Gasteiger partial charge on any atom is 0.341 e. The number of benzene rings is 1. The summed E-state index contributed by atoms with van der Waals surface area (Å²) in [6.07, 6.45) is 1.98. The summed E-state index contributed by atoms with van der Waals surface area (Å²) in [6, 6.07) is 7.54. The molecule has 0 aliphatic carbocycles. The van der Waals surface area contributed by atoms with Gasteiger partial charge in [-0.1, -0.05) is 12.1 Å². The lowest BCUT2D eigenvalue weighted by Gasteiger charge is -2.32. The van der Waals surface area contributed by atoms with Crippen molar-refractivity contribution in [1.82, 2.24) is 14.5 Å². The van der Waals surface area contributed by atoms with Crippen LogP contribution in [0.3, 0.4) is 0 Å². The summed E-state index contributed by atoms with van der Waals surface area (Å²) < 4.78 is 13.1. The van der Waals surface area contributed by atoms with Gasteiger partial charge in [0.2, 0.25) is 0 Å². The fourth-order valence-corrected chi connectivity index (χ4v) is 3.03. The van der Waals surface area contributed by atoms with Crippen molar-refractivity contribution in [1.29, 1.82) is 0 Å². The predicted octanol–water partition coefficient (Wildman–Crippen LogP) is 1.77. The van der Waals surface area contributed by atoms with E-state index in [1.165, 1.54) is 0 Å². The topological polar surface area (TPSA) is 76.8 Å². The fraction of sp³-hybridized carbons (Fsp3) is 0.444. The molecular weight excluding hydrogens is 322 g/mol. The van der Waals surface area contributed by atoms with E-state index in [9.17, 15) is 4.79 Å². The number of carboxylic acids is 1. The summed E-state index contributed by atoms with van der Waals surface area (Å²) >= 11 is 0. The summed E-state index contributed by atoms with van der Waals surface area (Å²) in [5.74, 6) is 0.544. The standard InChI is InChI=1S/C18H23N3O4/c1-13-9-20(2)18(19-13)16-11-21(7-8-24-16)10-14-3-5-15(6-4-14)25-12-17(22)23/h3-6,9,16H,7-8,10-12H2,1-2H3,(H,22,23). The average Bonchev–Trinajstić information content (AvgIpc) is 2.93. The summed E-state index contributed by atoms with van der Waals surface area (Å²) in [5.41, 5.74) is 2.15. The second-order valence-electron chi connectivity index (χ2n) is 6.27. The highest BCUT2D eigenvalue weighted by Gasteiger charge is 2.25. The van der Waals surface area contributed by atoms with E-state index < -0.39 is 5.97 Å². The molecule has 1 fully saturated rings. The smallest absolute Gasteiger partial charge is 0.341 e. The maximum absolute atomic E-state index is 10.5. The number of hydrogen-bond donors (Lipinski definition) is 1. The summed E-state index contributed by atoms with van der Waals surface area (Å²) in [6.45, 7) is 4.81. The zero-order chi connectivity index (χ0) is 17.8. The normalized spacial score (nSPS) is 18.2. The van der Waals surface area contributed by atoms with E-state index in [-0.39, 0.29) is 12.7 Å². The Morgan fingerprint density at radius 3 is 2.80 bits per heavy atom. The van der Waals surface area contributed by atoms with E-state index in [1.807, 2.05) is 36.9 Å². The van der Waals surface area contributed by atoms with Crippen LogP contribution in [0.25, 0.3) is 0 Å². The molecule has 1 N–H and O–H groups in total. The molecule has 1 aliphatic heterocycles. The minimum absolute atomic E-state index is 0.0226. The number of aliphatic carboxylic acids is 1. The third kappa shape index (κ3) is 4.58. The Morgan fingerprint density at radius 1 is 1.40 bits per heavy atom. The molecule has 2 heterocycles. The minimum atomic E-state index is -0.979. The molecule has 134 valence electrons. The minimum Gasteiger partial charge on any atom is -0.482 e. The number of ether oxygens (including phenoxy) is 2. The zero-order valence-corrected chi connectivity index (χ0v) is 14.5. The van der Waals surface area contributed by atoms with Crippen molar-refractivity contribution in [3.63, 3.8) is 0 Å². The second kappa shape index (κ2) is 7.67. The van der Waals surface area contributed by atoms with Crippen LogP contribution in [0.2, 0.25) is 0 Å². The number of aryl methyl sites for hydroxylation is 2. The molecule has 7 heteroatoms. The Hall–Kier alpha value is -2.38. The van der Waals surface area contributed by atoms with E-state index in [0.717, 1.165) is 36.7 Å². The third-order valence-electron chi connectivity index (χ3n) is 4.16. The van der Waals surface area contributed by atoms with Gasteiger partial charge < -0.3 is 19.1 Å². The molecule has 1 atom stereocenters. The fourth-order valence-electron chi connectivity index (χ4n) is 3.03. The molecule has 1 saturated heterocycles. The monoisotopic (exact) mass is 345 g/mol. The molecule has 0 saturated carbocycles. The first kappa shape index (κ1) is 17.4. The van der Waals surface area contributed by atoms with Crippen molar-refractivity contribution in [3.05, 3.63) is 47.5 Å². The van der Waals surface area contributed by atoms with Crippen molar-refractivity contribution in [3.8, 4) is 5.75 Å². The first-order chi connectivity index (χ1) is 12.0. The van der Waals surface area contributed by atoms with Gasteiger partial charge in [-0.2, -0.15) is 0 Å². The van der Waals surface area contributed by atoms with E-state index in [0.29, 0.717) is 12.4 Å². The van der Waals surface area contributed by atoms with E-state index in [4.69, 9.17) is 14.6 Å². The number of morpholine rings is 1. The first-order valence-corrected chi connectivity index (χ1v) is 8.28. The number of rotatable bonds is 6. The number of nitrogens with zero attached hydrogens (tertiary/aromatic N) is 3. The lowest BCUT2D eigenvalue weighted by molar-refractivity contribution is -0.139. The Kier molecular flexibility index (Phi) is 5.35. The molecule has 0 spiro atoms. The number of aromatic nitrogens is 2. The largest absolute Gasteiger partial charge is 0.482 e. The summed E-state index contributed by atoms with van der Waals surface area (Å²) in [5, 5.41) is 8.64. The van der Waals surface area contributed by atoms with Gasteiger partial charge in [0.1, 0.15) is 17.7 Å². The van der Waals surface area contributed by atoms with E-state index in [2.05, 4.69) is 9.88 Å². The molecule has 0 amide bonds. The van der Waals surface area contributed by atoms with Gasteiger partial charge in [0, 0.05) is 32.9 Å². The van der Waals surface area contributed by atoms with Crippen LogP contribution in [0.5, 0.6) is 5.75 Å². The van der Waals surface area contributed by atoms with Crippen molar-refractivity contribution < 1.29 is 19.4 Å². The molecule has 1 aromatic carbocycles. The molecule has 0 radical (unpaired) electrons. The maximum atomic E-state index is 10.5. The SMILES string of the molecule is Cc1cn(C)c(C2CN(Cc3ccc(OCC(=O)O)cc3)CCO2)n1. The van der Waals surface area contributed by atoms with E-state index in [1.54, 1.807) is 12.1 Å². The highest BCUT2D eigenvalue weighted by atomic mass is 16.5. The summed E-state index contributed by atoms with van der Waals surface area (Å²) in [7, 11) is 1.99. The van der Waals surface area contributed by atoms with Crippen molar-refractivity contribution in [2.45, 2.75) is 19.6 Å². The molecule has 25 heavy (non-hydrogen) atoms. The van der Waals surface area contributed by atoms with Crippen molar-refractivity contribution in [2.75, 3.05) is 26.3 Å². The molecule has 3 rings (SSSR count). The molecule has 7 nitrogen and oxygen atoms in total. The Morgan fingerprint density at radius 2 is 2.16 bits per heavy atom. The quantitative estimate of drug-likeness (QED) is 0.860. The molecule has 1 aromatic heterocycles. The second-order valence-corrected chi connectivity index (χ2v) is 6.27. The number of carbonyl (C=O) groups is 1. The lowest BCUT2D eigenvalue weighted by Crippen LogP contribution is -2.38. The van der Waals surface area contributed by atoms with Gasteiger partial charge in [-0.3, -0.25) is 4.90 Å². The van der Waals surface area contributed by atoms with Gasteiger partial charge in [0.05, 0.1) is 12.3 Å². The van der Waals surface area contributed by atoms with Gasteiger partial charge in [-0.25, -0.2) is 9.78 Å². The van der Waals surface area contributed by atoms with Crippen LogP contribution in [0.15, 0.2) is 30.5 Å². The Balaban J connectivity index is 1.59. The van der Waals surface area contributed by atoms with E-state index >= 15 is 0 Å². The highest BCUT2D eigenvalue weighted by molar-refractivity contribution is 5.68. The zero-order valence-electron chi connectivity index (χ0n) is 14.5. The highest BCUT2D eigenvalue weighted by Crippen LogP contribution is 2.23. The van der Waals surface area contributed by atoms with Crippen LogP contribution in [0.1, 0.15) is 23.2 Å². The van der Waals surface area contributed by atoms with Crippen molar-refractivity contribution >= 4 is 5.97 Å². The van der Waals surface area contributed by atoms with Gasteiger partial charge >= 0.3 is 5.97 Å². The van der Waals surface area contributed by atoms with Crippen molar-refractivity contribution in [2.24, 2.45) is 7.05 Å². The van der Waals surface area contributed by atoms with Crippen LogP contribution in [0.4, 0.5) is 0 Å². The first-order valence-electron chi connectivity index (χ1n) is 8.28. The average molecular weight is 345 g/mol. The predicted molar refractivity (Wildman–Crippen MR) is 91.5 cm³/mol. The number of imidazole rings is 1. The third-order valence-corrected chi connectivity index (χ3v) is 4.16. The van der Waals surface area contributed by atoms with Crippen LogP contribution >= 0.6 is 0 Å². The molecule has 1 unspecified atom stereocenters. The summed E-state index contributed by atoms with van der Waals surface area (Å²) in [4.78, 5) is 17.4. The van der Waals surface area contributed by atoms with Gasteiger partial charge in [-0.05, 0) is 24.6 Å². The molecule has 0 bridgehead atoms. The van der Waals surface area contributed by atoms with Crippen LogP contribution < -0.4 is 4.74 Å². The van der Waals surface area contributed by atoms with Gasteiger partial charge in [-0.15, -0.1) is 0 Å². The number of hydrogen-bond acceptors (Lipinski definition) is 5. The molecule has 2 aromatic rings. The van der Waals surface area contributed by atoms with Crippen LogP contribution in [0, 0.1) is 6.92 Å². The van der Waals surface area contributed by atoms with Gasteiger partial charge in [0.15, 0.2) is 6.61 Å². The number of carboxylic acid groups (broad SMARTS) is 1. The van der Waals surface area contributed by atoms with Gasteiger partial charge in [0.25, 0.3) is 0 Å².